The van der Waals surface area contributed by atoms with E-state index in [0.29, 0.717) is 42.3 Å². The Balaban J connectivity index is 1.40. The summed E-state index contributed by atoms with van der Waals surface area (Å²) >= 11 is 0. The second-order valence-corrected chi connectivity index (χ2v) is 8.43. The van der Waals surface area contributed by atoms with E-state index in [-0.39, 0.29) is 17.8 Å². The van der Waals surface area contributed by atoms with Crippen molar-refractivity contribution in [2.75, 3.05) is 12.4 Å². The number of benzene rings is 3. The van der Waals surface area contributed by atoms with Crippen LogP contribution in [0.1, 0.15) is 29.2 Å². The minimum Gasteiger partial charge on any atom is -0.493 e. The highest BCUT2D eigenvalue weighted by molar-refractivity contribution is 6.00. The molecule has 4 rings (SSSR count). The lowest BCUT2D eigenvalue weighted by Gasteiger charge is -2.13. The smallest absolute Gasteiger partial charge is 0.228 e. The summed E-state index contributed by atoms with van der Waals surface area (Å²) in [5, 5.41) is 10.6. The number of methoxy groups -OCH3 is 1. The van der Waals surface area contributed by atoms with Crippen molar-refractivity contribution in [2.45, 2.75) is 26.4 Å². The fourth-order valence-electron chi connectivity index (χ4n) is 4.05. The second kappa shape index (κ2) is 10.7. The van der Waals surface area contributed by atoms with Gasteiger partial charge in [0, 0.05) is 11.6 Å². The first kappa shape index (κ1) is 23.8. The molecule has 8 heteroatoms. The first-order valence-corrected chi connectivity index (χ1v) is 11.3. The lowest BCUT2D eigenvalue weighted by Crippen LogP contribution is -2.23. The van der Waals surface area contributed by atoms with Gasteiger partial charge in [-0.2, -0.15) is 5.10 Å². The first-order valence-electron chi connectivity index (χ1n) is 11.3. The Kier molecular flexibility index (Phi) is 7.30. The van der Waals surface area contributed by atoms with Gasteiger partial charge in [0.05, 0.1) is 12.8 Å². The highest BCUT2D eigenvalue weighted by atomic mass is 16.5. The molecule has 0 spiro atoms. The molecule has 180 valence electrons. The fraction of sp³-hybridized carbons (Fsp3) is 0.222. The summed E-state index contributed by atoms with van der Waals surface area (Å²) in [6, 6.07) is 21.4. The average Bonchev–Trinajstić information content (AvgIpc) is 3.29. The van der Waals surface area contributed by atoms with Crippen molar-refractivity contribution < 1.29 is 14.3 Å². The van der Waals surface area contributed by atoms with E-state index in [9.17, 15) is 4.79 Å². The Bertz CT molecular complexity index is 1250. The molecule has 1 amide bonds. The highest BCUT2D eigenvalue weighted by Gasteiger charge is 2.29. The summed E-state index contributed by atoms with van der Waals surface area (Å²) in [7, 11) is 1.63. The molecule has 5 N–H and O–H groups in total. The predicted molar refractivity (Wildman–Crippen MR) is 138 cm³/mol. The topological polar surface area (TPSA) is 124 Å². The van der Waals surface area contributed by atoms with E-state index in [1.807, 2.05) is 73.7 Å². The molecule has 1 aliphatic rings. The summed E-state index contributed by atoms with van der Waals surface area (Å²) in [5.41, 5.74) is 16.2. The molecular weight excluding hydrogens is 442 g/mol. The molecule has 35 heavy (non-hydrogen) atoms. The number of fused-ring (bicyclic) bond motifs is 1. The third-order valence-corrected chi connectivity index (χ3v) is 5.91. The standard InChI is InChI=1S/C27H29N5O3/c1-17(31-32-27(28)29)19-8-10-23(11-9-19)30-26(33)22-12-20-14-24(34-2)25(15-21(20)13-22)35-16-18-6-4-3-5-7-18/h3-11,14-15,22H,12-13,16H2,1-2H3,(H,30,33)(H4,28,29,32)/b31-17+. The van der Waals surface area contributed by atoms with E-state index in [2.05, 4.69) is 15.5 Å². The SMILES string of the molecule is COc1cc2c(cc1OCc1ccccc1)CC(C(=O)Nc1ccc(/C(C)=N/N=C(N)N)cc1)C2. The summed E-state index contributed by atoms with van der Waals surface area (Å²) < 4.78 is 11.6. The summed E-state index contributed by atoms with van der Waals surface area (Å²) in [6.07, 6.45) is 1.30. The van der Waals surface area contributed by atoms with E-state index in [0.717, 1.165) is 22.3 Å². The fourth-order valence-corrected chi connectivity index (χ4v) is 4.05. The van der Waals surface area contributed by atoms with Gasteiger partial charge in [0.15, 0.2) is 11.5 Å². The molecule has 3 aromatic rings. The maximum atomic E-state index is 13.0. The van der Waals surface area contributed by atoms with Gasteiger partial charge in [0.25, 0.3) is 0 Å². The molecule has 0 bridgehead atoms. The number of amides is 1. The second-order valence-electron chi connectivity index (χ2n) is 8.43. The van der Waals surface area contributed by atoms with Crippen molar-refractivity contribution >= 4 is 23.3 Å². The maximum Gasteiger partial charge on any atom is 0.228 e. The van der Waals surface area contributed by atoms with E-state index < -0.39 is 0 Å². The van der Waals surface area contributed by atoms with E-state index >= 15 is 0 Å². The number of hydrogen-bond donors (Lipinski definition) is 3. The number of ether oxygens (including phenoxy) is 2. The van der Waals surface area contributed by atoms with Crippen LogP contribution in [-0.2, 0) is 24.2 Å². The Hall–Kier alpha value is -4.33. The normalized spacial score (nSPS) is 14.7. The van der Waals surface area contributed by atoms with Gasteiger partial charge in [-0.3, -0.25) is 4.79 Å². The molecule has 8 nitrogen and oxygen atoms in total. The maximum absolute atomic E-state index is 13.0. The van der Waals surface area contributed by atoms with Crippen molar-refractivity contribution in [1.82, 2.24) is 0 Å². The summed E-state index contributed by atoms with van der Waals surface area (Å²) in [4.78, 5) is 13.0. The summed E-state index contributed by atoms with van der Waals surface area (Å²) in [5.74, 6) is 1.08. The number of nitrogens with zero attached hydrogens (tertiary/aromatic N) is 2. The van der Waals surface area contributed by atoms with Crippen LogP contribution in [0.15, 0.2) is 76.9 Å². The van der Waals surface area contributed by atoms with Crippen molar-refractivity contribution in [3.8, 4) is 11.5 Å². The number of guanidine groups is 1. The van der Waals surface area contributed by atoms with Crippen LogP contribution >= 0.6 is 0 Å². The Morgan fingerprint density at radius 1 is 0.971 bits per heavy atom. The molecule has 0 saturated carbocycles. The highest BCUT2D eigenvalue weighted by Crippen LogP contribution is 2.37. The van der Waals surface area contributed by atoms with Gasteiger partial charge in [-0.25, -0.2) is 0 Å². The number of carbonyl (C=O) groups is 1. The van der Waals surface area contributed by atoms with Gasteiger partial charge in [0.2, 0.25) is 11.9 Å². The van der Waals surface area contributed by atoms with Crippen LogP contribution in [0.25, 0.3) is 0 Å². The third kappa shape index (κ3) is 5.97. The predicted octanol–water partition coefficient (Wildman–Crippen LogP) is 3.63. The number of rotatable bonds is 8. The van der Waals surface area contributed by atoms with Crippen LogP contribution in [0.2, 0.25) is 0 Å². The quantitative estimate of drug-likeness (QED) is 0.263. The minimum atomic E-state index is -0.163. The molecule has 0 fully saturated rings. The Morgan fingerprint density at radius 2 is 1.63 bits per heavy atom. The van der Waals surface area contributed by atoms with Gasteiger partial charge in [0.1, 0.15) is 6.61 Å². The van der Waals surface area contributed by atoms with Crippen molar-refractivity contribution in [1.29, 1.82) is 0 Å². The number of carbonyl (C=O) groups excluding carboxylic acids is 1. The van der Waals surface area contributed by atoms with Crippen LogP contribution < -0.4 is 26.3 Å². The molecular formula is C27H29N5O3. The zero-order valence-electron chi connectivity index (χ0n) is 19.8. The molecule has 1 aliphatic carbocycles. The van der Waals surface area contributed by atoms with Crippen molar-refractivity contribution in [2.24, 2.45) is 27.6 Å². The minimum absolute atomic E-state index is 0.0226. The van der Waals surface area contributed by atoms with Crippen LogP contribution in [0.4, 0.5) is 5.69 Å². The Labute approximate surface area is 204 Å². The lowest BCUT2D eigenvalue weighted by atomic mass is 10.1. The van der Waals surface area contributed by atoms with Gasteiger partial charge >= 0.3 is 0 Å². The number of nitrogens with one attached hydrogen (secondary N) is 1. The molecule has 1 unspecified atom stereocenters. The molecule has 0 radical (unpaired) electrons. The lowest BCUT2D eigenvalue weighted by molar-refractivity contribution is -0.119. The Morgan fingerprint density at radius 3 is 2.26 bits per heavy atom. The van der Waals surface area contributed by atoms with Crippen LogP contribution in [-0.4, -0.2) is 24.7 Å². The van der Waals surface area contributed by atoms with E-state index in [1.54, 1.807) is 7.11 Å². The van der Waals surface area contributed by atoms with Crippen LogP contribution in [0.3, 0.4) is 0 Å². The van der Waals surface area contributed by atoms with Crippen molar-refractivity contribution in [3.05, 3.63) is 89.0 Å². The zero-order chi connectivity index (χ0) is 24.8. The van der Waals surface area contributed by atoms with E-state index in [1.165, 1.54) is 0 Å². The van der Waals surface area contributed by atoms with Gasteiger partial charge in [-0.05, 0) is 66.3 Å². The van der Waals surface area contributed by atoms with Gasteiger partial charge in [-0.15, -0.1) is 5.10 Å². The molecule has 1 atom stereocenters. The first-order chi connectivity index (χ1) is 16.9. The van der Waals surface area contributed by atoms with Crippen LogP contribution in [0.5, 0.6) is 11.5 Å². The van der Waals surface area contributed by atoms with Crippen LogP contribution in [0, 0.1) is 5.92 Å². The summed E-state index contributed by atoms with van der Waals surface area (Å²) in [6.45, 7) is 2.26. The average molecular weight is 472 g/mol. The molecule has 0 heterocycles. The largest absolute Gasteiger partial charge is 0.493 e. The number of anilines is 1. The van der Waals surface area contributed by atoms with Gasteiger partial charge < -0.3 is 26.3 Å². The molecule has 0 aromatic heterocycles. The monoisotopic (exact) mass is 471 g/mol. The number of hydrogen-bond acceptors (Lipinski definition) is 5. The van der Waals surface area contributed by atoms with Crippen molar-refractivity contribution in [3.63, 3.8) is 0 Å². The zero-order valence-corrected chi connectivity index (χ0v) is 19.8. The molecule has 0 saturated heterocycles. The molecule has 3 aromatic carbocycles. The number of nitrogens with two attached hydrogens (primary N) is 2. The third-order valence-electron chi connectivity index (χ3n) is 5.91. The van der Waals surface area contributed by atoms with Gasteiger partial charge in [-0.1, -0.05) is 42.5 Å². The molecule has 0 aliphatic heterocycles. The van der Waals surface area contributed by atoms with E-state index in [4.69, 9.17) is 20.9 Å².